The molecule has 0 spiro atoms. The van der Waals surface area contributed by atoms with Gasteiger partial charge in [0.1, 0.15) is 5.75 Å². The molecular weight excluding hydrogens is 500 g/mol. The van der Waals surface area contributed by atoms with Crippen molar-refractivity contribution in [2.75, 3.05) is 17.7 Å². The average molecular weight is 521 g/mol. The number of anilines is 1. The Morgan fingerprint density at radius 2 is 1.83 bits per heavy atom. The molecule has 8 nitrogen and oxygen atoms in total. The first kappa shape index (κ1) is 23.8. The summed E-state index contributed by atoms with van der Waals surface area (Å²) in [6, 6.07) is 22.1. The predicted octanol–water partition coefficient (Wildman–Crippen LogP) is 5.26. The van der Waals surface area contributed by atoms with Crippen LogP contribution in [-0.4, -0.2) is 37.4 Å². The van der Waals surface area contributed by atoms with Crippen LogP contribution in [0.1, 0.15) is 11.6 Å². The number of benzene rings is 3. The van der Waals surface area contributed by atoms with Crippen LogP contribution < -0.4 is 15.0 Å². The van der Waals surface area contributed by atoms with Crippen LogP contribution in [0.2, 0.25) is 5.02 Å². The molecule has 1 aliphatic rings. The number of nitrogens with zero attached hydrogens (tertiary/aromatic N) is 3. The molecule has 1 saturated heterocycles. The summed E-state index contributed by atoms with van der Waals surface area (Å²) in [6.45, 7) is 0.341. The van der Waals surface area contributed by atoms with Gasteiger partial charge in [0.05, 0.1) is 17.5 Å². The van der Waals surface area contributed by atoms with E-state index in [4.69, 9.17) is 16.3 Å². The Kier molecular flexibility index (Phi) is 6.34. The molecule has 1 aromatic heterocycles. The first-order chi connectivity index (χ1) is 17.3. The van der Waals surface area contributed by atoms with Crippen LogP contribution in [0.5, 0.6) is 11.6 Å². The molecular formula is C26H21ClN4O4S. The van der Waals surface area contributed by atoms with Crippen molar-refractivity contribution in [3.05, 3.63) is 95.6 Å². The van der Waals surface area contributed by atoms with E-state index in [0.717, 1.165) is 11.8 Å². The van der Waals surface area contributed by atoms with E-state index < -0.39 is 9.84 Å². The lowest BCUT2D eigenvalue weighted by molar-refractivity contribution is 0.251. The first-order valence-electron chi connectivity index (χ1n) is 11.0. The van der Waals surface area contributed by atoms with Crippen LogP contribution in [0.4, 0.5) is 10.5 Å². The number of sulfone groups is 1. The van der Waals surface area contributed by atoms with E-state index in [-0.39, 0.29) is 17.0 Å². The van der Waals surface area contributed by atoms with Crippen molar-refractivity contribution in [1.82, 2.24) is 15.5 Å². The lowest BCUT2D eigenvalue weighted by atomic mass is 10.0. The van der Waals surface area contributed by atoms with Gasteiger partial charge in [0.15, 0.2) is 9.84 Å². The van der Waals surface area contributed by atoms with Gasteiger partial charge < -0.3 is 10.1 Å². The van der Waals surface area contributed by atoms with Crippen LogP contribution in [-0.2, 0) is 9.84 Å². The number of ether oxygens (including phenoxy) is 1. The Balaban J connectivity index is 1.45. The van der Waals surface area contributed by atoms with Crippen molar-refractivity contribution < 1.29 is 17.9 Å². The van der Waals surface area contributed by atoms with Crippen molar-refractivity contribution in [3.8, 4) is 22.8 Å². The average Bonchev–Trinajstić information content (AvgIpc) is 3.26. The Hall–Kier alpha value is -3.95. The fourth-order valence-electron chi connectivity index (χ4n) is 4.11. The highest BCUT2D eigenvalue weighted by Gasteiger charge is 2.32. The Morgan fingerprint density at radius 3 is 2.58 bits per heavy atom. The number of nitrogens with one attached hydrogen (secondary N) is 1. The molecule has 182 valence electrons. The maximum atomic E-state index is 13.0. The molecule has 0 radical (unpaired) electrons. The number of aromatic nitrogens is 2. The lowest BCUT2D eigenvalue weighted by Gasteiger charge is -2.18. The standard InChI is InChI=1S/C26H21ClN4O4S/c1-36(33,34)24-12-11-18(15-21(24)20-8-2-3-9-22(20)27)31-16-23(29-26(31)32)17-6-4-7-19(14-17)35-25-10-5-13-28-30-25/h2-15,23H,16H2,1H3,(H,29,32). The zero-order valence-corrected chi connectivity index (χ0v) is 20.7. The topological polar surface area (TPSA) is 101 Å². The van der Waals surface area contributed by atoms with Crippen molar-refractivity contribution in [1.29, 1.82) is 0 Å². The molecule has 1 atom stereocenters. The summed E-state index contributed by atoms with van der Waals surface area (Å²) in [5.41, 5.74) is 2.43. The quantitative estimate of drug-likeness (QED) is 0.372. The van der Waals surface area contributed by atoms with Gasteiger partial charge >= 0.3 is 6.03 Å². The number of rotatable bonds is 6. The fourth-order valence-corrected chi connectivity index (χ4v) is 5.23. The van der Waals surface area contributed by atoms with E-state index in [0.29, 0.717) is 40.0 Å². The van der Waals surface area contributed by atoms with Crippen molar-refractivity contribution >= 4 is 33.2 Å². The van der Waals surface area contributed by atoms with E-state index in [2.05, 4.69) is 15.5 Å². The largest absolute Gasteiger partial charge is 0.438 e. The van der Waals surface area contributed by atoms with Crippen molar-refractivity contribution in [2.24, 2.45) is 0 Å². The third-order valence-electron chi connectivity index (χ3n) is 5.78. The molecule has 5 rings (SSSR count). The number of amides is 2. The summed E-state index contributed by atoms with van der Waals surface area (Å²) in [5.74, 6) is 0.934. The van der Waals surface area contributed by atoms with Gasteiger partial charge in [-0.1, -0.05) is 41.9 Å². The monoisotopic (exact) mass is 520 g/mol. The number of urea groups is 1. The lowest BCUT2D eigenvalue weighted by Crippen LogP contribution is -2.27. The van der Waals surface area contributed by atoms with Crippen LogP contribution in [0.25, 0.3) is 11.1 Å². The predicted molar refractivity (Wildman–Crippen MR) is 137 cm³/mol. The minimum atomic E-state index is -3.54. The van der Waals surface area contributed by atoms with Crippen molar-refractivity contribution in [3.63, 3.8) is 0 Å². The zero-order valence-electron chi connectivity index (χ0n) is 19.1. The maximum Gasteiger partial charge on any atom is 0.322 e. The van der Waals surface area contributed by atoms with E-state index >= 15 is 0 Å². The summed E-state index contributed by atoms with van der Waals surface area (Å²) < 4.78 is 30.7. The normalized spacial score (nSPS) is 15.6. The second-order valence-corrected chi connectivity index (χ2v) is 10.7. The summed E-state index contributed by atoms with van der Waals surface area (Å²) in [5, 5.41) is 11.1. The molecule has 4 aromatic rings. The van der Waals surface area contributed by atoms with Gasteiger partial charge in [-0.15, -0.1) is 5.10 Å². The highest BCUT2D eigenvalue weighted by molar-refractivity contribution is 7.90. The van der Waals surface area contributed by atoms with E-state index in [1.165, 1.54) is 6.07 Å². The molecule has 2 amide bonds. The fraction of sp³-hybridized carbons (Fsp3) is 0.115. The molecule has 1 fully saturated rings. The molecule has 1 aliphatic heterocycles. The second-order valence-electron chi connectivity index (χ2n) is 8.28. The Morgan fingerprint density at radius 1 is 1.00 bits per heavy atom. The molecule has 0 aliphatic carbocycles. The smallest absolute Gasteiger partial charge is 0.322 e. The number of halogens is 1. The van der Waals surface area contributed by atoms with E-state index in [1.807, 2.05) is 18.2 Å². The number of carbonyl (C=O) groups excluding carboxylic acids is 1. The van der Waals surface area contributed by atoms with Gasteiger partial charge in [0, 0.05) is 40.4 Å². The SMILES string of the molecule is CS(=O)(=O)c1ccc(N2CC(c3cccc(Oc4cccnn4)c3)NC2=O)cc1-c1ccccc1Cl. The van der Waals surface area contributed by atoms with Gasteiger partial charge in [-0.3, -0.25) is 4.90 Å². The van der Waals surface area contributed by atoms with Gasteiger partial charge in [0.2, 0.25) is 5.88 Å². The Bertz CT molecular complexity index is 1550. The van der Waals surface area contributed by atoms with Gasteiger partial charge in [-0.2, -0.15) is 5.10 Å². The summed E-state index contributed by atoms with van der Waals surface area (Å²) in [7, 11) is -3.54. The number of hydrogen-bond donors (Lipinski definition) is 1. The Labute approximate surface area is 213 Å². The molecule has 36 heavy (non-hydrogen) atoms. The summed E-state index contributed by atoms with van der Waals surface area (Å²) in [4.78, 5) is 14.7. The highest BCUT2D eigenvalue weighted by atomic mass is 35.5. The molecule has 3 aromatic carbocycles. The van der Waals surface area contributed by atoms with Crippen LogP contribution in [0, 0.1) is 0 Å². The van der Waals surface area contributed by atoms with E-state index in [1.54, 1.807) is 65.7 Å². The summed E-state index contributed by atoms with van der Waals surface area (Å²) in [6.07, 6.45) is 2.71. The minimum Gasteiger partial charge on any atom is -0.438 e. The molecule has 2 heterocycles. The van der Waals surface area contributed by atoms with E-state index in [9.17, 15) is 13.2 Å². The number of hydrogen-bond acceptors (Lipinski definition) is 6. The zero-order chi connectivity index (χ0) is 25.3. The van der Waals surface area contributed by atoms with Gasteiger partial charge in [0.25, 0.3) is 0 Å². The number of carbonyl (C=O) groups is 1. The maximum absolute atomic E-state index is 13.0. The van der Waals surface area contributed by atoms with Crippen molar-refractivity contribution in [2.45, 2.75) is 10.9 Å². The first-order valence-corrected chi connectivity index (χ1v) is 13.3. The van der Waals surface area contributed by atoms with Crippen LogP contribution >= 0.6 is 11.6 Å². The third kappa shape index (κ3) is 4.89. The third-order valence-corrected chi connectivity index (χ3v) is 7.26. The van der Waals surface area contributed by atoms with Crippen LogP contribution in [0.3, 0.4) is 0 Å². The molecule has 0 saturated carbocycles. The molecule has 10 heteroatoms. The van der Waals surface area contributed by atoms with Gasteiger partial charge in [-0.25, -0.2) is 13.2 Å². The van der Waals surface area contributed by atoms with Crippen LogP contribution in [0.15, 0.2) is 90.0 Å². The second kappa shape index (κ2) is 9.60. The minimum absolute atomic E-state index is 0.143. The molecule has 1 unspecified atom stereocenters. The molecule has 1 N–H and O–H groups in total. The summed E-state index contributed by atoms with van der Waals surface area (Å²) >= 11 is 6.39. The highest BCUT2D eigenvalue weighted by Crippen LogP contribution is 2.37. The van der Waals surface area contributed by atoms with Gasteiger partial charge in [-0.05, 0) is 48.0 Å². The molecule has 0 bridgehead atoms.